The number of aryl methyl sites for hydroxylation is 2. The summed E-state index contributed by atoms with van der Waals surface area (Å²) in [6.07, 6.45) is 6.34. The lowest BCUT2D eigenvalue weighted by Gasteiger charge is -2.22. The van der Waals surface area contributed by atoms with Crippen LogP contribution in [0.3, 0.4) is 0 Å². The summed E-state index contributed by atoms with van der Waals surface area (Å²) in [4.78, 5) is 0. The summed E-state index contributed by atoms with van der Waals surface area (Å²) >= 11 is 0. The van der Waals surface area contributed by atoms with Crippen LogP contribution in [0.5, 0.6) is 5.75 Å². The Morgan fingerprint density at radius 1 is 1.24 bits per heavy atom. The van der Waals surface area contributed by atoms with E-state index < -0.39 is 6.10 Å². The minimum absolute atomic E-state index is 0.349. The van der Waals surface area contributed by atoms with Crippen LogP contribution < -0.4 is 10.1 Å². The van der Waals surface area contributed by atoms with E-state index >= 15 is 0 Å². The van der Waals surface area contributed by atoms with Crippen LogP contribution in [0.15, 0.2) is 18.2 Å². The second-order valence-corrected chi connectivity index (χ2v) is 6.40. The number of ether oxygens (including phenoxy) is 1. The van der Waals surface area contributed by atoms with Crippen molar-refractivity contribution in [1.82, 2.24) is 5.32 Å². The van der Waals surface area contributed by atoms with Crippen LogP contribution in [0.25, 0.3) is 0 Å². The van der Waals surface area contributed by atoms with Crippen LogP contribution in [-0.4, -0.2) is 30.9 Å². The highest BCUT2D eigenvalue weighted by Gasteiger charge is 2.13. The molecular formula is C18H29NO2. The van der Waals surface area contributed by atoms with Crippen molar-refractivity contribution in [3.8, 4) is 5.75 Å². The van der Waals surface area contributed by atoms with Crippen molar-refractivity contribution in [1.29, 1.82) is 0 Å². The lowest BCUT2D eigenvalue weighted by molar-refractivity contribution is 0.104. The zero-order chi connectivity index (χ0) is 15.1. The molecule has 1 unspecified atom stereocenters. The van der Waals surface area contributed by atoms with Gasteiger partial charge < -0.3 is 15.2 Å². The summed E-state index contributed by atoms with van der Waals surface area (Å²) in [6, 6.07) is 6.15. The molecule has 0 aliphatic heterocycles. The molecule has 2 rings (SSSR count). The zero-order valence-corrected chi connectivity index (χ0v) is 13.4. The molecule has 1 atom stereocenters. The highest BCUT2D eigenvalue weighted by Crippen LogP contribution is 2.22. The molecule has 2 N–H and O–H groups in total. The van der Waals surface area contributed by atoms with Gasteiger partial charge in [0.15, 0.2) is 0 Å². The number of nitrogens with one attached hydrogen (secondary N) is 1. The predicted molar refractivity (Wildman–Crippen MR) is 86.9 cm³/mol. The Hall–Kier alpha value is -1.06. The summed E-state index contributed by atoms with van der Waals surface area (Å²) in [5, 5.41) is 13.4. The number of aliphatic hydroxyl groups is 1. The van der Waals surface area contributed by atoms with Crippen LogP contribution in [-0.2, 0) is 0 Å². The topological polar surface area (TPSA) is 41.5 Å². The van der Waals surface area contributed by atoms with E-state index in [-0.39, 0.29) is 0 Å². The maximum absolute atomic E-state index is 10.0. The average Bonchev–Trinajstić information content (AvgIpc) is 2.49. The molecule has 0 aromatic heterocycles. The van der Waals surface area contributed by atoms with E-state index in [1.807, 2.05) is 13.0 Å². The van der Waals surface area contributed by atoms with Crippen LogP contribution in [0, 0.1) is 19.8 Å². The molecule has 1 aliphatic rings. The molecule has 3 nitrogen and oxygen atoms in total. The van der Waals surface area contributed by atoms with E-state index in [0.717, 1.165) is 23.8 Å². The van der Waals surface area contributed by atoms with Gasteiger partial charge in [-0.3, -0.25) is 0 Å². The molecule has 0 saturated heterocycles. The SMILES string of the molecule is Cc1ccc(C)c(OCC(O)CNCC2CCCCC2)c1. The highest BCUT2D eigenvalue weighted by molar-refractivity contribution is 5.35. The third kappa shape index (κ3) is 5.68. The lowest BCUT2D eigenvalue weighted by Crippen LogP contribution is -2.34. The molecule has 1 aromatic carbocycles. The molecular weight excluding hydrogens is 262 g/mol. The number of hydrogen-bond acceptors (Lipinski definition) is 3. The van der Waals surface area contributed by atoms with Crippen molar-refractivity contribution in [3.63, 3.8) is 0 Å². The number of benzene rings is 1. The number of rotatable bonds is 7. The summed E-state index contributed by atoms with van der Waals surface area (Å²) in [7, 11) is 0. The Bertz CT molecular complexity index is 427. The number of hydrogen-bond donors (Lipinski definition) is 2. The molecule has 1 saturated carbocycles. The molecule has 0 spiro atoms. The van der Waals surface area contributed by atoms with Crippen molar-refractivity contribution in [2.75, 3.05) is 19.7 Å². The molecule has 0 heterocycles. The highest BCUT2D eigenvalue weighted by atomic mass is 16.5. The van der Waals surface area contributed by atoms with E-state index in [9.17, 15) is 5.11 Å². The molecule has 118 valence electrons. The first kappa shape index (κ1) is 16.3. The van der Waals surface area contributed by atoms with Crippen molar-refractivity contribution in [2.24, 2.45) is 5.92 Å². The summed E-state index contributed by atoms with van der Waals surface area (Å²) in [5.41, 5.74) is 2.29. The van der Waals surface area contributed by atoms with E-state index in [0.29, 0.717) is 13.2 Å². The Labute approximate surface area is 128 Å². The normalized spacial score (nSPS) is 17.7. The average molecular weight is 291 g/mol. The monoisotopic (exact) mass is 291 g/mol. The van der Waals surface area contributed by atoms with Gasteiger partial charge in [0, 0.05) is 6.54 Å². The summed E-state index contributed by atoms with van der Waals surface area (Å²) in [5.74, 6) is 1.67. The van der Waals surface area contributed by atoms with Crippen LogP contribution in [0.4, 0.5) is 0 Å². The smallest absolute Gasteiger partial charge is 0.122 e. The van der Waals surface area contributed by atoms with Gasteiger partial charge in [0.05, 0.1) is 0 Å². The molecule has 3 heteroatoms. The first-order valence-electron chi connectivity index (χ1n) is 8.24. The van der Waals surface area contributed by atoms with Crippen LogP contribution in [0.1, 0.15) is 43.2 Å². The van der Waals surface area contributed by atoms with Gasteiger partial charge in [0.2, 0.25) is 0 Å². The van der Waals surface area contributed by atoms with Crippen LogP contribution in [0.2, 0.25) is 0 Å². The second-order valence-electron chi connectivity index (χ2n) is 6.40. The van der Waals surface area contributed by atoms with Gasteiger partial charge >= 0.3 is 0 Å². The van der Waals surface area contributed by atoms with Crippen molar-refractivity contribution < 1.29 is 9.84 Å². The minimum Gasteiger partial charge on any atom is -0.491 e. The van der Waals surface area contributed by atoms with Gasteiger partial charge in [-0.1, -0.05) is 31.4 Å². The molecule has 0 bridgehead atoms. The Morgan fingerprint density at radius 2 is 2.00 bits per heavy atom. The van der Waals surface area contributed by atoms with E-state index in [2.05, 4.69) is 24.4 Å². The van der Waals surface area contributed by atoms with E-state index in [1.54, 1.807) is 0 Å². The number of aliphatic hydroxyl groups excluding tert-OH is 1. The van der Waals surface area contributed by atoms with Crippen LogP contribution >= 0.6 is 0 Å². The Morgan fingerprint density at radius 3 is 2.76 bits per heavy atom. The maximum Gasteiger partial charge on any atom is 0.122 e. The third-order valence-electron chi connectivity index (χ3n) is 4.31. The predicted octanol–water partition coefficient (Wildman–Crippen LogP) is 3.21. The standard InChI is InChI=1S/C18H29NO2/c1-14-8-9-15(2)18(10-14)21-13-17(20)12-19-11-16-6-4-3-5-7-16/h8-10,16-17,19-20H,3-7,11-13H2,1-2H3. The fraction of sp³-hybridized carbons (Fsp3) is 0.667. The quantitative estimate of drug-likeness (QED) is 0.810. The Kier molecular flexibility index (Phi) is 6.52. The van der Waals surface area contributed by atoms with Crippen molar-refractivity contribution >= 4 is 0 Å². The molecule has 0 radical (unpaired) electrons. The van der Waals surface area contributed by atoms with Gasteiger partial charge in [0.1, 0.15) is 18.5 Å². The molecule has 1 aromatic rings. The first-order chi connectivity index (χ1) is 10.1. The summed E-state index contributed by atoms with van der Waals surface area (Å²) < 4.78 is 5.73. The van der Waals surface area contributed by atoms with E-state index in [4.69, 9.17) is 4.74 Å². The van der Waals surface area contributed by atoms with Gasteiger partial charge in [-0.05, 0) is 56.3 Å². The fourth-order valence-electron chi connectivity index (χ4n) is 2.95. The third-order valence-corrected chi connectivity index (χ3v) is 4.31. The molecule has 1 aliphatic carbocycles. The maximum atomic E-state index is 10.0. The molecule has 21 heavy (non-hydrogen) atoms. The molecule has 1 fully saturated rings. The largest absolute Gasteiger partial charge is 0.491 e. The van der Waals surface area contributed by atoms with Gasteiger partial charge in [-0.25, -0.2) is 0 Å². The van der Waals surface area contributed by atoms with E-state index in [1.165, 1.54) is 37.7 Å². The molecule has 0 amide bonds. The first-order valence-corrected chi connectivity index (χ1v) is 8.24. The van der Waals surface area contributed by atoms with Crippen molar-refractivity contribution in [3.05, 3.63) is 29.3 Å². The minimum atomic E-state index is -0.450. The fourth-order valence-corrected chi connectivity index (χ4v) is 2.95. The lowest BCUT2D eigenvalue weighted by atomic mass is 9.89. The van der Waals surface area contributed by atoms with Gasteiger partial charge in [-0.2, -0.15) is 0 Å². The Balaban J connectivity index is 1.65. The summed E-state index contributed by atoms with van der Waals surface area (Å²) in [6.45, 7) is 6.07. The van der Waals surface area contributed by atoms with Crippen molar-refractivity contribution in [2.45, 2.75) is 52.1 Å². The van der Waals surface area contributed by atoms with Gasteiger partial charge in [-0.15, -0.1) is 0 Å². The van der Waals surface area contributed by atoms with Gasteiger partial charge in [0.25, 0.3) is 0 Å². The second kappa shape index (κ2) is 8.40. The zero-order valence-electron chi connectivity index (χ0n) is 13.4.